The van der Waals surface area contributed by atoms with Gasteiger partial charge in [0.2, 0.25) is 11.8 Å². The number of carbonyl (C=O) groups excluding carboxylic acids is 2. The highest BCUT2D eigenvalue weighted by Crippen LogP contribution is 2.36. The first-order valence-electron chi connectivity index (χ1n) is 10.9. The summed E-state index contributed by atoms with van der Waals surface area (Å²) in [6.45, 7) is 2.59. The molecule has 1 aliphatic heterocycles. The van der Waals surface area contributed by atoms with Crippen LogP contribution in [-0.4, -0.2) is 55.9 Å². The molecule has 1 aliphatic rings. The van der Waals surface area contributed by atoms with Crippen LogP contribution in [0.4, 0.5) is 5.82 Å². The van der Waals surface area contributed by atoms with Gasteiger partial charge in [-0.1, -0.05) is 24.3 Å². The molecule has 0 aliphatic carbocycles. The number of carbonyl (C=O) groups is 2. The van der Waals surface area contributed by atoms with Gasteiger partial charge in [0.1, 0.15) is 21.3 Å². The first kappa shape index (κ1) is 21.3. The fourth-order valence-corrected chi connectivity index (χ4v) is 5.46. The van der Waals surface area contributed by atoms with E-state index in [2.05, 4.69) is 20.6 Å². The second-order valence-electron chi connectivity index (χ2n) is 8.22. The number of pyridine rings is 1. The van der Waals surface area contributed by atoms with Gasteiger partial charge >= 0.3 is 0 Å². The van der Waals surface area contributed by atoms with Crippen LogP contribution in [0.5, 0.6) is 0 Å². The quantitative estimate of drug-likeness (QED) is 0.472. The molecule has 10 heteroatoms. The Balaban J connectivity index is 1.34. The van der Waals surface area contributed by atoms with Gasteiger partial charge in [-0.05, 0) is 18.4 Å². The molecule has 9 nitrogen and oxygen atoms in total. The average molecular weight is 464 g/mol. The zero-order valence-corrected chi connectivity index (χ0v) is 19.6. The maximum absolute atomic E-state index is 12.6. The largest absolute Gasteiger partial charge is 0.371 e. The monoisotopic (exact) mass is 463 g/mol. The van der Waals surface area contributed by atoms with Crippen LogP contribution in [0.2, 0.25) is 0 Å². The Bertz CT molecular complexity index is 1360. The van der Waals surface area contributed by atoms with E-state index in [0.717, 1.165) is 44.7 Å². The third-order valence-corrected chi connectivity index (χ3v) is 7.17. The molecular formula is C23H25N7O2S. The summed E-state index contributed by atoms with van der Waals surface area (Å²) in [7, 11) is 3.80. The minimum absolute atomic E-state index is 0.0486. The highest BCUT2D eigenvalue weighted by molar-refractivity contribution is 7.22. The highest BCUT2D eigenvalue weighted by Gasteiger charge is 2.32. The average Bonchev–Trinajstić information content (AvgIpc) is 3.55. The van der Waals surface area contributed by atoms with Crippen molar-refractivity contribution >= 4 is 50.3 Å². The van der Waals surface area contributed by atoms with Crippen molar-refractivity contribution in [3.05, 3.63) is 36.2 Å². The molecular weight excluding hydrogens is 438 g/mol. The van der Waals surface area contributed by atoms with Crippen LogP contribution in [0.25, 0.3) is 32.0 Å². The minimum Gasteiger partial charge on any atom is -0.371 e. The van der Waals surface area contributed by atoms with Crippen molar-refractivity contribution in [1.29, 1.82) is 0 Å². The van der Waals surface area contributed by atoms with Crippen LogP contribution in [-0.2, 0) is 23.2 Å². The third-order valence-electron chi connectivity index (χ3n) is 6.07. The van der Waals surface area contributed by atoms with E-state index in [-0.39, 0.29) is 17.9 Å². The van der Waals surface area contributed by atoms with Gasteiger partial charge < -0.3 is 20.1 Å². The molecule has 1 saturated heterocycles. The van der Waals surface area contributed by atoms with Crippen molar-refractivity contribution in [3.63, 3.8) is 0 Å². The van der Waals surface area contributed by atoms with E-state index in [9.17, 15) is 9.59 Å². The fourth-order valence-electron chi connectivity index (χ4n) is 4.36. The first-order valence-corrected chi connectivity index (χ1v) is 11.7. The molecule has 0 spiro atoms. The van der Waals surface area contributed by atoms with Crippen molar-refractivity contribution in [1.82, 2.24) is 29.7 Å². The molecule has 0 unspecified atom stereocenters. The number of rotatable bonds is 5. The van der Waals surface area contributed by atoms with E-state index in [1.807, 2.05) is 42.9 Å². The molecule has 1 fully saturated rings. The summed E-state index contributed by atoms with van der Waals surface area (Å²) >= 11 is 1.59. The van der Waals surface area contributed by atoms with Crippen molar-refractivity contribution < 1.29 is 9.59 Å². The molecule has 170 valence electrons. The molecule has 4 heterocycles. The summed E-state index contributed by atoms with van der Waals surface area (Å²) in [5, 5.41) is 6.96. The van der Waals surface area contributed by atoms with Gasteiger partial charge in [0.15, 0.2) is 11.5 Å². The zero-order valence-electron chi connectivity index (χ0n) is 18.8. The topological polar surface area (TPSA) is 105 Å². The number of anilines is 1. The Labute approximate surface area is 194 Å². The lowest BCUT2D eigenvalue weighted by atomic mass is 10.1. The predicted octanol–water partition coefficient (Wildman–Crippen LogP) is 2.91. The lowest BCUT2D eigenvalue weighted by Crippen LogP contribution is -2.44. The van der Waals surface area contributed by atoms with Gasteiger partial charge in [-0.15, -0.1) is 11.3 Å². The maximum atomic E-state index is 12.6. The van der Waals surface area contributed by atoms with E-state index < -0.39 is 0 Å². The van der Waals surface area contributed by atoms with Gasteiger partial charge in [-0.25, -0.2) is 15.0 Å². The zero-order chi connectivity index (χ0) is 23.1. The van der Waals surface area contributed by atoms with Crippen LogP contribution >= 0.6 is 11.3 Å². The van der Waals surface area contributed by atoms with E-state index in [4.69, 9.17) is 4.98 Å². The number of aromatic nitrogens is 4. The van der Waals surface area contributed by atoms with Crippen molar-refractivity contribution in [2.75, 3.05) is 18.9 Å². The SMILES string of the molecule is CNc1nc2nc(-c3ccc(CNC(=O)[C@@H]4CCCN4C(C)=O)cc3)sc2c2c1ncn2C. The van der Waals surface area contributed by atoms with Crippen LogP contribution in [0.1, 0.15) is 25.3 Å². The molecule has 1 atom stereocenters. The molecule has 33 heavy (non-hydrogen) atoms. The molecule has 2 N–H and O–H groups in total. The molecule has 0 radical (unpaired) electrons. The summed E-state index contributed by atoms with van der Waals surface area (Å²) in [5.41, 5.74) is 4.52. The molecule has 0 bridgehead atoms. The number of benzene rings is 1. The maximum Gasteiger partial charge on any atom is 0.243 e. The van der Waals surface area contributed by atoms with Crippen molar-refractivity contribution in [2.24, 2.45) is 7.05 Å². The summed E-state index contributed by atoms with van der Waals surface area (Å²) in [5.74, 6) is 0.573. The summed E-state index contributed by atoms with van der Waals surface area (Å²) < 4.78 is 2.99. The number of likely N-dealkylation sites (tertiary alicyclic amines) is 1. The number of thiazole rings is 1. The number of fused-ring (bicyclic) bond motifs is 3. The third kappa shape index (κ3) is 3.80. The number of aryl methyl sites for hydroxylation is 1. The van der Waals surface area contributed by atoms with Crippen LogP contribution in [0.3, 0.4) is 0 Å². The van der Waals surface area contributed by atoms with Gasteiger partial charge in [0.05, 0.1) is 11.8 Å². The Morgan fingerprint density at radius 2 is 2.00 bits per heavy atom. The van der Waals surface area contributed by atoms with E-state index >= 15 is 0 Å². The first-order chi connectivity index (χ1) is 16.0. The van der Waals surface area contributed by atoms with Crippen LogP contribution < -0.4 is 10.6 Å². The molecule has 0 saturated carbocycles. The van der Waals surface area contributed by atoms with Gasteiger partial charge in [0, 0.05) is 39.7 Å². The Morgan fingerprint density at radius 3 is 2.73 bits per heavy atom. The minimum atomic E-state index is -0.358. The van der Waals surface area contributed by atoms with Gasteiger partial charge in [-0.3, -0.25) is 9.59 Å². The lowest BCUT2D eigenvalue weighted by molar-refractivity contribution is -0.136. The fraction of sp³-hybridized carbons (Fsp3) is 0.348. The van der Waals surface area contributed by atoms with Crippen molar-refractivity contribution in [3.8, 4) is 10.6 Å². The molecule has 2 amide bonds. The number of nitrogens with one attached hydrogen (secondary N) is 2. The Hall–Kier alpha value is -3.53. The number of nitrogens with zero attached hydrogens (tertiary/aromatic N) is 5. The Kier molecular flexibility index (Phi) is 5.45. The summed E-state index contributed by atoms with van der Waals surface area (Å²) in [4.78, 5) is 39.8. The number of imidazole rings is 1. The number of amides is 2. The van der Waals surface area contributed by atoms with E-state index in [1.54, 1.807) is 22.6 Å². The molecule has 3 aromatic heterocycles. The predicted molar refractivity (Wildman–Crippen MR) is 129 cm³/mol. The van der Waals surface area contributed by atoms with E-state index in [1.165, 1.54) is 6.92 Å². The highest BCUT2D eigenvalue weighted by atomic mass is 32.1. The summed E-state index contributed by atoms with van der Waals surface area (Å²) in [6.07, 6.45) is 3.37. The standard InChI is InChI=1S/C23H25N7O2S/c1-13(31)30-10-4-5-16(30)22(32)25-11-14-6-8-15(9-7-14)23-28-21-19(33-23)18-17(20(24-2)27-21)26-12-29(18)3/h6-9,12,16H,4-5,10-11H2,1-3H3,(H,24,27)(H,25,32)/t16-/m0/s1. The molecule has 5 rings (SSSR count). The second-order valence-corrected chi connectivity index (χ2v) is 9.22. The smallest absolute Gasteiger partial charge is 0.243 e. The Morgan fingerprint density at radius 1 is 1.21 bits per heavy atom. The number of hydrogen-bond donors (Lipinski definition) is 2. The van der Waals surface area contributed by atoms with Gasteiger partial charge in [-0.2, -0.15) is 0 Å². The molecule has 1 aromatic carbocycles. The van der Waals surface area contributed by atoms with E-state index in [0.29, 0.717) is 24.6 Å². The molecule has 4 aromatic rings. The second kappa shape index (κ2) is 8.43. The van der Waals surface area contributed by atoms with Crippen molar-refractivity contribution in [2.45, 2.75) is 32.4 Å². The van der Waals surface area contributed by atoms with Gasteiger partial charge in [0.25, 0.3) is 0 Å². The lowest BCUT2D eigenvalue weighted by Gasteiger charge is -2.22. The summed E-state index contributed by atoms with van der Waals surface area (Å²) in [6, 6.07) is 7.64. The van der Waals surface area contributed by atoms with Crippen LogP contribution in [0.15, 0.2) is 30.6 Å². The normalized spacial score (nSPS) is 16.0. The van der Waals surface area contributed by atoms with Crippen LogP contribution in [0, 0.1) is 0 Å². The number of hydrogen-bond acceptors (Lipinski definition) is 7.